The van der Waals surface area contributed by atoms with Crippen molar-refractivity contribution in [2.75, 3.05) is 53.5 Å². The summed E-state index contributed by atoms with van der Waals surface area (Å²) in [5.41, 5.74) is 0. The monoisotopic (exact) mass is 538 g/mol. The van der Waals surface area contributed by atoms with E-state index in [9.17, 15) is 16.8 Å². The molecule has 0 aliphatic carbocycles. The summed E-state index contributed by atoms with van der Waals surface area (Å²) in [4.78, 5) is 1.29. The number of hydrogen-bond donors (Lipinski definition) is 2. The molecule has 13 heteroatoms. The summed E-state index contributed by atoms with van der Waals surface area (Å²) in [5, 5.41) is 0.663. The van der Waals surface area contributed by atoms with E-state index in [1.807, 2.05) is 0 Å². The van der Waals surface area contributed by atoms with Crippen molar-refractivity contribution < 1.29 is 31.2 Å². The minimum absolute atomic E-state index is 0.0630. The standard InChI is InChI=1S/C20H25Cl2N3O6S2/c1-30-19-13-15(3-5-17(19)21)32(26,27)23-7-8-24-9-11-25(12-10-24)33(28,29)16-4-6-18(22)20(14-16)31-2/h3-6,13-14,23H,7-12H2,1-2H3/p+1. The molecule has 182 valence electrons. The third-order valence-corrected chi connectivity index (χ3v) is 9.37. The predicted molar refractivity (Wildman–Crippen MR) is 126 cm³/mol. The van der Waals surface area contributed by atoms with E-state index in [4.69, 9.17) is 32.7 Å². The van der Waals surface area contributed by atoms with Crippen molar-refractivity contribution in [2.45, 2.75) is 9.79 Å². The molecule has 0 unspecified atom stereocenters. The molecule has 0 atom stereocenters. The molecule has 2 aromatic carbocycles. The molecule has 1 heterocycles. The van der Waals surface area contributed by atoms with Crippen LogP contribution in [0.5, 0.6) is 11.5 Å². The first-order chi connectivity index (χ1) is 15.6. The number of sulfonamides is 2. The number of halogens is 2. The van der Waals surface area contributed by atoms with Crippen molar-refractivity contribution in [3.8, 4) is 11.5 Å². The average Bonchev–Trinajstić information content (AvgIpc) is 2.79. The zero-order valence-electron chi connectivity index (χ0n) is 18.2. The van der Waals surface area contributed by atoms with Gasteiger partial charge in [0, 0.05) is 12.1 Å². The molecule has 2 aromatic rings. The first-order valence-corrected chi connectivity index (χ1v) is 13.8. The van der Waals surface area contributed by atoms with E-state index in [0.717, 1.165) is 4.90 Å². The van der Waals surface area contributed by atoms with Crippen LogP contribution in [0, 0.1) is 0 Å². The second-order valence-electron chi connectivity index (χ2n) is 7.39. The Hall–Kier alpha value is -1.60. The fraction of sp³-hybridized carbons (Fsp3) is 0.400. The Balaban J connectivity index is 1.54. The first-order valence-electron chi connectivity index (χ1n) is 10.1. The van der Waals surface area contributed by atoms with Crippen LogP contribution >= 0.6 is 23.2 Å². The Labute approximate surface area is 204 Å². The Kier molecular flexibility index (Phi) is 8.49. The highest BCUT2D eigenvalue weighted by Crippen LogP contribution is 2.29. The quantitative estimate of drug-likeness (QED) is 0.490. The third-order valence-electron chi connectivity index (χ3n) is 5.39. The van der Waals surface area contributed by atoms with Gasteiger partial charge in [0.15, 0.2) is 0 Å². The second-order valence-corrected chi connectivity index (χ2v) is 11.9. The van der Waals surface area contributed by atoms with Gasteiger partial charge in [-0.1, -0.05) is 23.2 Å². The zero-order valence-corrected chi connectivity index (χ0v) is 21.3. The van der Waals surface area contributed by atoms with E-state index in [2.05, 4.69) is 4.72 Å². The molecule has 0 saturated carbocycles. The third kappa shape index (κ3) is 6.10. The number of ether oxygens (including phenoxy) is 2. The van der Waals surface area contributed by atoms with Crippen molar-refractivity contribution in [3.05, 3.63) is 46.4 Å². The molecular weight excluding hydrogens is 513 g/mol. The van der Waals surface area contributed by atoms with Crippen LogP contribution in [0.1, 0.15) is 0 Å². The highest BCUT2D eigenvalue weighted by atomic mass is 35.5. The summed E-state index contributed by atoms with van der Waals surface area (Å²) in [7, 11) is -4.56. The van der Waals surface area contributed by atoms with E-state index in [0.29, 0.717) is 48.5 Å². The van der Waals surface area contributed by atoms with E-state index in [1.165, 1.54) is 54.9 Å². The van der Waals surface area contributed by atoms with Crippen LogP contribution in [0.25, 0.3) is 0 Å². The van der Waals surface area contributed by atoms with Crippen molar-refractivity contribution in [2.24, 2.45) is 0 Å². The van der Waals surface area contributed by atoms with Crippen molar-refractivity contribution in [1.82, 2.24) is 9.03 Å². The number of nitrogens with one attached hydrogen (secondary N) is 2. The SMILES string of the molecule is COc1cc(S(=O)(=O)NCC[NH+]2CCN(S(=O)(=O)c3ccc(Cl)c(OC)c3)CC2)ccc1Cl. The Bertz CT molecular complexity index is 1200. The molecule has 1 fully saturated rings. The number of piperazine rings is 1. The molecule has 0 amide bonds. The molecule has 3 rings (SSSR count). The van der Waals surface area contributed by atoms with Crippen LogP contribution in [0.3, 0.4) is 0 Å². The maximum atomic E-state index is 13.0. The summed E-state index contributed by atoms with van der Waals surface area (Å²) in [6, 6.07) is 8.62. The number of nitrogens with zero attached hydrogens (tertiary/aromatic N) is 1. The van der Waals surface area contributed by atoms with Gasteiger partial charge in [-0.15, -0.1) is 0 Å². The van der Waals surface area contributed by atoms with Gasteiger partial charge in [0.1, 0.15) is 11.5 Å². The molecule has 1 aliphatic heterocycles. The minimum Gasteiger partial charge on any atom is -0.495 e. The Morgan fingerprint density at radius 3 is 1.97 bits per heavy atom. The number of hydrogen-bond acceptors (Lipinski definition) is 6. The number of rotatable bonds is 9. The number of benzene rings is 2. The van der Waals surface area contributed by atoms with Crippen LogP contribution in [0.4, 0.5) is 0 Å². The van der Waals surface area contributed by atoms with Crippen LogP contribution in [0.15, 0.2) is 46.2 Å². The van der Waals surface area contributed by atoms with Gasteiger partial charge in [-0.3, -0.25) is 0 Å². The second kappa shape index (κ2) is 10.8. The largest absolute Gasteiger partial charge is 0.495 e. The van der Waals surface area contributed by atoms with Crippen LogP contribution in [-0.2, 0) is 20.0 Å². The van der Waals surface area contributed by atoms with Gasteiger partial charge < -0.3 is 14.4 Å². The molecule has 0 aromatic heterocycles. The van der Waals surface area contributed by atoms with E-state index in [1.54, 1.807) is 0 Å². The van der Waals surface area contributed by atoms with Crippen molar-refractivity contribution in [3.63, 3.8) is 0 Å². The number of quaternary nitrogens is 1. The average molecular weight is 539 g/mol. The maximum absolute atomic E-state index is 13.0. The Morgan fingerprint density at radius 2 is 1.42 bits per heavy atom. The summed E-state index contributed by atoms with van der Waals surface area (Å²) < 4.78 is 65.2. The fourth-order valence-corrected chi connectivity index (χ4v) is 6.39. The molecule has 1 aliphatic rings. The van der Waals surface area contributed by atoms with Gasteiger partial charge in [0.2, 0.25) is 20.0 Å². The lowest BCUT2D eigenvalue weighted by atomic mass is 10.3. The van der Waals surface area contributed by atoms with E-state index >= 15 is 0 Å². The minimum atomic E-state index is -3.72. The van der Waals surface area contributed by atoms with E-state index < -0.39 is 20.0 Å². The lowest BCUT2D eigenvalue weighted by molar-refractivity contribution is -0.902. The summed E-state index contributed by atoms with van der Waals surface area (Å²) in [5.74, 6) is 0.577. The van der Waals surface area contributed by atoms with Gasteiger partial charge >= 0.3 is 0 Å². The molecule has 0 spiro atoms. The summed E-state index contributed by atoms with van der Waals surface area (Å²) in [6.07, 6.45) is 0. The normalized spacial score (nSPS) is 16.0. The van der Waals surface area contributed by atoms with Crippen LogP contribution < -0.4 is 19.1 Å². The van der Waals surface area contributed by atoms with Gasteiger partial charge in [-0.05, 0) is 24.3 Å². The van der Waals surface area contributed by atoms with Crippen LogP contribution in [-0.4, -0.2) is 74.6 Å². The smallest absolute Gasteiger partial charge is 0.243 e. The van der Waals surface area contributed by atoms with Gasteiger partial charge in [0.25, 0.3) is 0 Å². The summed E-state index contributed by atoms with van der Waals surface area (Å²) in [6.45, 7) is 2.49. The fourth-order valence-electron chi connectivity index (χ4n) is 3.50. The molecule has 0 bridgehead atoms. The lowest BCUT2D eigenvalue weighted by Gasteiger charge is -2.31. The zero-order chi connectivity index (χ0) is 24.2. The molecule has 2 N–H and O–H groups in total. The number of methoxy groups -OCH3 is 2. The van der Waals surface area contributed by atoms with Gasteiger partial charge in [-0.25, -0.2) is 21.6 Å². The van der Waals surface area contributed by atoms with E-state index in [-0.39, 0.29) is 22.1 Å². The molecular formula is C20H26Cl2N3O6S2+. The highest BCUT2D eigenvalue weighted by Gasteiger charge is 2.31. The highest BCUT2D eigenvalue weighted by molar-refractivity contribution is 7.89. The molecule has 0 radical (unpaired) electrons. The first kappa shape index (κ1) is 26.0. The maximum Gasteiger partial charge on any atom is 0.243 e. The Morgan fingerprint density at radius 1 is 0.909 bits per heavy atom. The summed E-state index contributed by atoms with van der Waals surface area (Å²) >= 11 is 12.0. The molecule has 1 saturated heterocycles. The molecule has 33 heavy (non-hydrogen) atoms. The van der Waals surface area contributed by atoms with Crippen molar-refractivity contribution >= 4 is 43.2 Å². The van der Waals surface area contributed by atoms with Crippen LogP contribution in [0.2, 0.25) is 10.0 Å². The lowest BCUT2D eigenvalue weighted by Crippen LogP contribution is -3.15. The van der Waals surface area contributed by atoms with Gasteiger partial charge in [0.05, 0.1) is 73.3 Å². The predicted octanol–water partition coefficient (Wildman–Crippen LogP) is 0.878. The topological polar surface area (TPSA) is 106 Å². The van der Waals surface area contributed by atoms with Crippen molar-refractivity contribution in [1.29, 1.82) is 0 Å². The van der Waals surface area contributed by atoms with Gasteiger partial charge in [-0.2, -0.15) is 4.31 Å². The molecule has 9 nitrogen and oxygen atoms in total.